The molecule has 0 aliphatic heterocycles. The van der Waals surface area contributed by atoms with Crippen LogP contribution in [0.5, 0.6) is 17.2 Å². The fourth-order valence-corrected chi connectivity index (χ4v) is 1.91. The summed E-state index contributed by atoms with van der Waals surface area (Å²) in [5.41, 5.74) is 4.26. The molecule has 0 atom stereocenters. The highest BCUT2D eigenvalue weighted by atomic mass is 16.5. The minimum absolute atomic E-state index is 0.111. The summed E-state index contributed by atoms with van der Waals surface area (Å²) in [5, 5.41) is 3.91. The minimum atomic E-state index is -0.348. The summed E-state index contributed by atoms with van der Waals surface area (Å²) in [6, 6.07) is 12.8. The van der Waals surface area contributed by atoms with Gasteiger partial charge in [0.2, 0.25) is 0 Å². The van der Waals surface area contributed by atoms with Gasteiger partial charge in [-0.25, -0.2) is 5.43 Å². The molecular formula is C18H20N2O4. The minimum Gasteiger partial charge on any atom is -0.497 e. The first-order valence-corrected chi connectivity index (χ1v) is 7.36. The summed E-state index contributed by atoms with van der Waals surface area (Å²) in [5.74, 6) is 1.57. The van der Waals surface area contributed by atoms with Crippen molar-refractivity contribution in [2.75, 3.05) is 20.8 Å². The van der Waals surface area contributed by atoms with Crippen LogP contribution in [0.2, 0.25) is 0 Å². The highest BCUT2D eigenvalue weighted by Crippen LogP contribution is 2.22. The Morgan fingerprint density at radius 3 is 2.46 bits per heavy atom. The topological polar surface area (TPSA) is 69.2 Å². The zero-order valence-corrected chi connectivity index (χ0v) is 13.9. The molecule has 6 nitrogen and oxygen atoms in total. The lowest BCUT2D eigenvalue weighted by molar-refractivity contribution is -0.123. The molecule has 6 heteroatoms. The first-order valence-electron chi connectivity index (χ1n) is 7.36. The van der Waals surface area contributed by atoms with Crippen molar-refractivity contribution in [2.45, 2.75) is 6.92 Å². The normalized spacial score (nSPS) is 10.5. The molecule has 2 aromatic carbocycles. The second kappa shape index (κ2) is 8.57. The molecule has 0 bridgehead atoms. The van der Waals surface area contributed by atoms with Crippen LogP contribution >= 0.6 is 0 Å². The Balaban J connectivity index is 1.86. The maximum Gasteiger partial charge on any atom is 0.277 e. The van der Waals surface area contributed by atoms with Crippen LogP contribution in [0.3, 0.4) is 0 Å². The number of nitrogens with zero attached hydrogens (tertiary/aromatic N) is 1. The molecule has 0 fully saturated rings. The van der Waals surface area contributed by atoms with Crippen molar-refractivity contribution in [1.29, 1.82) is 0 Å². The van der Waals surface area contributed by atoms with Gasteiger partial charge < -0.3 is 14.2 Å². The van der Waals surface area contributed by atoms with E-state index in [9.17, 15) is 4.79 Å². The van der Waals surface area contributed by atoms with Crippen molar-refractivity contribution in [2.24, 2.45) is 5.10 Å². The van der Waals surface area contributed by atoms with E-state index in [0.29, 0.717) is 17.2 Å². The summed E-state index contributed by atoms with van der Waals surface area (Å²) < 4.78 is 15.8. The van der Waals surface area contributed by atoms with Gasteiger partial charge in [-0.3, -0.25) is 4.79 Å². The van der Waals surface area contributed by atoms with Crippen LogP contribution in [0.15, 0.2) is 47.6 Å². The molecule has 1 N–H and O–H groups in total. The van der Waals surface area contributed by atoms with Crippen LogP contribution in [0.1, 0.15) is 11.1 Å². The van der Waals surface area contributed by atoms with E-state index in [2.05, 4.69) is 10.5 Å². The van der Waals surface area contributed by atoms with Crippen LogP contribution in [0.25, 0.3) is 0 Å². The Bertz CT molecular complexity index is 711. The Kier molecular flexibility index (Phi) is 6.19. The third-order valence-corrected chi connectivity index (χ3v) is 3.22. The number of nitrogens with one attached hydrogen (secondary N) is 1. The molecule has 0 saturated carbocycles. The van der Waals surface area contributed by atoms with Crippen molar-refractivity contribution in [3.05, 3.63) is 53.6 Å². The molecule has 2 aromatic rings. The third-order valence-electron chi connectivity index (χ3n) is 3.22. The van der Waals surface area contributed by atoms with E-state index in [1.807, 2.05) is 31.2 Å². The van der Waals surface area contributed by atoms with E-state index in [0.717, 1.165) is 11.1 Å². The third kappa shape index (κ3) is 5.01. The quantitative estimate of drug-likeness (QED) is 0.626. The van der Waals surface area contributed by atoms with Crippen LogP contribution < -0.4 is 19.6 Å². The molecule has 0 unspecified atom stereocenters. The zero-order valence-electron chi connectivity index (χ0n) is 13.9. The number of hydrogen-bond donors (Lipinski definition) is 1. The highest BCUT2D eigenvalue weighted by Gasteiger charge is 2.04. The smallest absolute Gasteiger partial charge is 0.277 e. The predicted octanol–water partition coefficient (Wildman–Crippen LogP) is 2.54. The molecule has 0 radical (unpaired) electrons. The van der Waals surface area contributed by atoms with Gasteiger partial charge in [-0.2, -0.15) is 5.10 Å². The van der Waals surface area contributed by atoms with Crippen molar-refractivity contribution in [3.63, 3.8) is 0 Å². The SMILES string of the molecule is COc1ccc(/C=N\NC(=O)COc2ccc(C)cc2)c(OC)c1. The Morgan fingerprint density at radius 1 is 1.08 bits per heavy atom. The van der Waals surface area contributed by atoms with E-state index < -0.39 is 0 Å². The highest BCUT2D eigenvalue weighted by molar-refractivity contribution is 5.85. The van der Waals surface area contributed by atoms with E-state index in [1.54, 1.807) is 32.4 Å². The maximum atomic E-state index is 11.7. The van der Waals surface area contributed by atoms with E-state index in [4.69, 9.17) is 14.2 Å². The molecule has 2 rings (SSSR count). The van der Waals surface area contributed by atoms with Crippen LogP contribution in [-0.4, -0.2) is 32.9 Å². The summed E-state index contributed by atoms with van der Waals surface area (Å²) in [6.07, 6.45) is 1.50. The largest absolute Gasteiger partial charge is 0.497 e. The van der Waals surface area contributed by atoms with Gasteiger partial charge in [0.15, 0.2) is 6.61 Å². The second-order valence-electron chi connectivity index (χ2n) is 5.00. The number of hydrogen-bond acceptors (Lipinski definition) is 5. The number of benzene rings is 2. The fourth-order valence-electron chi connectivity index (χ4n) is 1.91. The number of carbonyl (C=O) groups is 1. The van der Waals surface area contributed by atoms with E-state index in [1.165, 1.54) is 6.21 Å². The Labute approximate surface area is 141 Å². The number of amides is 1. The molecule has 0 aliphatic rings. The number of aryl methyl sites for hydroxylation is 1. The van der Waals surface area contributed by atoms with Crippen molar-refractivity contribution < 1.29 is 19.0 Å². The van der Waals surface area contributed by atoms with Crippen molar-refractivity contribution in [1.82, 2.24) is 5.43 Å². The molecule has 0 saturated heterocycles. The standard InChI is InChI=1S/C18H20N2O4/c1-13-4-7-15(8-5-13)24-12-18(21)20-19-11-14-6-9-16(22-2)10-17(14)23-3/h4-11H,12H2,1-3H3,(H,20,21)/b19-11-. The molecule has 126 valence electrons. The number of hydrazone groups is 1. The number of ether oxygens (including phenoxy) is 3. The first-order chi connectivity index (χ1) is 11.6. The van der Waals surface area contributed by atoms with E-state index >= 15 is 0 Å². The zero-order chi connectivity index (χ0) is 17.4. The molecule has 24 heavy (non-hydrogen) atoms. The Hall–Kier alpha value is -3.02. The van der Waals surface area contributed by atoms with Gasteiger partial charge in [-0.05, 0) is 31.2 Å². The van der Waals surface area contributed by atoms with Gasteiger partial charge in [0.25, 0.3) is 5.91 Å². The predicted molar refractivity (Wildman–Crippen MR) is 92.0 cm³/mol. The fraction of sp³-hybridized carbons (Fsp3) is 0.222. The van der Waals surface area contributed by atoms with Gasteiger partial charge in [0, 0.05) is 11.6 Å². The van der Waals surface area contributed by atoms with Crippen LogP contribution in [0.4, 0.5) is 0 Å². The van der Waals surface area contributed by atoms with Crippen LogP contribution in [-0.2, 0) is 4.79 Å². The average molecular weight is 328 g/mol. The molecular weight excluding hydrogens is 308 g/mol. The monoisotopic (exact) mass is 328 g/mol. The Morgan fingerprint density at radius 2 is 1.79 bits per heavy atom. The van der Waals surface area contributed by atoms with Crippen LogP contribution in [0, 0.1) is 6.92 Å². The van der Waals surface area contributed by atoms with Gasteiger partial charge in [0.05, 0.1) is 20.4 Å². The molecule has 0 aliphatic carbocycles. The lowest BCUT2D eigenvalue weighted by Crippen LogP contribution is -2.24. The molecule has 0 heterocycles. The van der Waals surface area contributed by atoms with Gasteiger partial charge in [0.1, 0.15) is 17.2 Å². The average Bonchev–Trinajstić information content (AvgIpc) is 2.61. The molecule has 0 aromatic heterocycles. The van der Waals surface area contributed by atoms with Crippen molar-refractivity contribution >= 4 is 12.1 Å². The summed E-state index contributed by atoms with van der Waals surface area (Å²) in [7, 11) is 3.14. The number of carbonyl (C=O) groups excluding carboxylic acids is 1. The second-order valence-corrected chi connectivity index (χ2v) is 5.00. The van der Waals surface area contributed by atoms with Crippen molar-refractivity contribution in [3.8, 4) is 17.2 Å². The molecule has 1 amide bonds. The first kappa shape index (κ1) is 17.3. The lowest BCUT2D eigenvalue weighted by Gasteiger charge is -2.07. The van der Waals surface area contributed by atoms with Gasteiger partial charge in [-0.15, -0.1) is 0 Å². The molecule has 0 spiro atoms. The summed E-state index contributed by atoms with van der Waals surface area (Å²) >= 11 is 0. The van der Waals surface area contributed by atoms with Gasteiger partial charge >= 0.3 is 0 Å². The number of rotatable bonds is 7. The maximum absolute atomic E-state index is 11.7. The summed E-state index contributed by atoms with van der Waals surface area (Å²) in [4.78, 5) is 11.7. The number of methoxy groups -OCH3 is 2. The van der Waals surface area contributed by atoms with Gasteiger partial charge in [-0.1, -0.05) is 17.7 Å². The lowest BCUT2D eigenvalue weighted by atomic mass is 10.2. The van der Waals surface area contributed by atoms with E-state index in [-0.39, 0.29) is 12.5 Å². The summed E-state index contributed by atoms with van der Waals surface area (Å²) in [6.45, 7) is 1.87.